The summed E-state index contributed by atoms with van der Waals surface area (Å²) < 4.78 is 18.8. The molecular weight excluding hydrogens is 567 g/mol. The Kier molecular flexibility index (Phi) is 7.46. The Morgan fingerprint density at radius 2 is 1.76 bits per heavy atom. The SMILES string of the molecule is CP(C)(=O)c1cc(N2CC3(COC3)C2)ccc1Nc1nc(Nc2ccc3c(c2)CC[C@@H](N2CCCC2)CC3)ncc1Cl. The van der Waals surface area contributed by atoms with Gasteiger partial charge in [-0.2, -0.15) is 4.98 Å². The number of fused-ring (bicyclic) bond motifs is 1. The Hall–Kier alpha value is -2.64. The van der Waals surface area contributed by atoms with E-state index in [0.717, 1.165) is 61.5 Å². The number of benzene rings is 2. The second-order valence-electron chi connectivity index (χ2n) is 13.0. The van der Waals surface area contributed by atoms with E-state index in [0.29, 0.717) is 28.2 Å². The summed E-state index contributed by atoms with van der Waals surface area (Å²) in [5, 5.41) is 7.95. The van der Waals surface area contributed by atoms with Gasteiger partial charge in [0.25, 0.3) is 0 Å². The highest BCUT2D eigenvalue weighted by atomic mass is 35.5. The summed E-state index contributed by atoms with van der Waals surface area (Å²) in [7, 11) is -2.60. The highest BCUT2D eigenvalue weighted by Gasteiger charge is 2.49. The van der Waals surface area contributed by atoms with Crippen LogP contribution in [0.5, 0.6) is 0 Å². The number of hydrogen-bond donors (Lipinski definition) is 2. The summed E-state index contributed by atoms with van der Waals surface area (Å²) in [5.74, 6) is 0.947. The normalized spacial score (nSPS) is 21.8. The quantitative estimate of drug-likeness (QED) is 0.249. The molecule has 7 rings (SSSR count). The summed E-state index contributed by atoms with van der Waals surface area (Å²) in [6, 6.07) is 13.4. The minimum absolute atomic E-state index is 0.310. The molecule has 1 atom stereocenters. The van der Waals surface area contributed by atoms with Crippen molar-refractivity contribution in [1.29, 1.82) is 0 Å². The number of likely N-dealkylation sites (tertiary alicyclic amines) is 1. The molecule has 0 unspecified atom stereocenters. The highest BCUT2D eigenvalue weighted by molar-refractivity contribution is 7.70. The van der Waals surface area contributed by atoms with Crippen molar-refractivity contribution < 1.29 is 9.30 Å². The monoisotopic (exact) mass is 606 g/mol. The van der Waals surface area contributed by atoms with Gasteiger partial charge >= 0.3 is 0 Å². The molecule has 2 aromatic carbocycles. The van der Waals surface area contributed by atoms with Crippen molar-refractivity contribution in [3.63, 3.8) is 0 Å². The number of halogens is 1. The number of nitrogens with zero attached hydrogens (tertiary/aromatic N) is 4. The van der Waals surface area contributed by atoms with Gasteiger partial charge in [0.05, 0.1) is 30.5 Å². The summed E-state index contributed by atoms with van der Waals surface area (Å²) in [6.07, 6.45) is 8.98. The molecule has 3 fully saturated rings. The summed E-state index contributed by atoms with van der Waals surface area (Å²) in [6.45, 7) is 9.74. The van der Waals surface area contributed by atoms with Crippen LogP contribution in [0.15, 0.2) is 42.6 Å². The molecule has 8 nitrogen and oxygen atoms in total. The fourth-order valence-electron chi connectivity index (χ4n) is 7.00. The first-order valence-corrected chi connectivity index (χ1v) is 18.2. The predicted molar refractivity (Wildman–Crippen MR) is 172 cm³/mol. The molecule has 222 valence electrons. The van der Waals surface area contributed by atoms with Crippen molar-refractivity contribution in [2.45, 2.75) is 44.6 Å². The first-order chi connectivity index (χ1) is 20.2. The average Bonchev–Trinajstić information content (AvgIpc) is 3.37. The number of anilines is 5. The van der Waals surface area contributed by atoms with Crippen molar-refractivity contribution in [1.82, 2.24) is 14.9 Å². The number of nitrogens with one attached hydrogen (secondary N) is 2. The van der Waals surface area contributed by atoms with Crippen LogP contribution in [0.25, 0.3) is 0 Å². The van der Waals surface area contributed by atoms with Gasteiger partial charge in [0, 0.05) is 35.8 Å². The third-order valence-electron chi connectivity index (χ3n) is 9.41. The van der Waals surface area contributed by atoms with Crippen molar-refractivity contribution in [3.8, 4) is 0 Å². The van der Waals surface area contributed by atoms with E-state index in [4.69, 9.17) is 21.3 Å². The van der Waals surface area contributed by atoms with Gasteiger partial charge in [0.1, 0.15) is 12.2 Å². The van der Waals surface area contributed by atoms with Crippen LogP contribution in [-0.4, -0.2) is 73.6 Å². The Bertz CT molecular complexity index is 1530. The van der Waals surface area contributed by atoms with Gasteiger partial charge in [-0.05, 0) is 106 Å². The minimum Gasteiger partial charge on any atom is -0.380 e. The smallest absolute Gasteiger partial charge is 0.229 e. The van der Waals surface area contributed by atoms with Gasteiger partial charge < -0.3 is 29.7 Å². The molecule has 4 aliphatic rings. The predicted octanol–water partition coefficient (Wildman–Crippen LogP) is 6.05. The second kappa shape index (κ2) is 11.1. The molecule has 0 bridgehead atoms. The molecule has 3 aromatic rings. The Morgan fingerprint density at radius 3 is 2.48 bits per heavy atom. The fraction of sp³-hybridized carbons (Fsp3) is 0.500. The van der Waals surface area contributed by atoms with Crippen LogP contribution in [0.3, 0.4) is 0 Å². The standard InChI is InChI=1S/C32H40ClN6O2P/c1-42(2,40)29-16-26(39-18-32(19-39)20-41-21-32)11-12-28(29)36-30-27(33)17-34-31(37-30)35-24-8-5-22-6-9-25(10-7-23(22)15-24)38-13-3-4-14-38/h5,8,11-12,15-17,25H,3-4,6-7,9-10,13-14,18-21H2,1-2H3,(H2,34,35,36,37)/t25-/m0/s1. The maximum Gasteiger partial charge on any atom is 0.229 e. The van der Waals surface area contributed by atoms with Crippen LogP contribution in [0.1, 0.15) is 36.8 Å². The molecule has 42 heavy (non-hydrogen) atoms. The Morgan fingerprint density at radius 1 is 1.00 bits per heavy atom. The van der Waals surface area contributed by atoms with Crippen LogP contribution in [0, 0.1) is 5.41 Å². The topological polar surface area (TPSA) is 82.6 Å². The number of hydrogen-bond acceptors (Lipinski definition) is 8. The number of ether oxygens (including phenoxy) is 1. The molecule has 1 aromatic heterocycles. The lowest BCUT2D eigenvalue weighted by Gasteiger charge is -2.56. The van der Waals surface area contributed by atoms with Crippen LogP contribution in [-0.2, 0) is 22.1 Å². The summed E-state index contributed by atoms with van der Waals surface area (Å²) in [5.41, 5.74) is 5.99. The van der Waals surface area contributed by atoms with E-state index in [-0.39, 0.29) is 0 Å². The van der Waals surface area contributed by atoms with Gasteiger partial charge in [-0.15, -0.1) is 0 Å². The average molecular weight is 607 g/mol. The molecule has 0 saturated carbocycles. The number of rotatable bonds is 7. The van der Waals surface area contributed by atoms with Crippen molar-refractivity contribution >= 4 is 52.9 Å². The second-order valence-corrected chi connectivity index (χ2v) is 16.6. The van der Waals surface area contributed by atoms with Crippen LogP contribution in [0.2, 0.25) is 5.02 Å². The van der Waals surface area contributed by atoms with Crippen molar-refractivity contribution in [3.05, 3.63) is 58.7 Å². The van der Waals surface area contributed by atoms with Crippen LogP contribution >= 0.6 is 18.7 Å². The van der Waals surface area contributed by atoms with Gasteiger partial charge in [-0.25, -0.2) is 4.98 Å². The van der Waals surface area contributed by atoms with Gasteiger partial charge in [-0.3, -0.25) is 0 Å². The minimum atomic E-state index is -2.60. The molecule has 2 N–H and O–H groups in total. The van der Waals surface area contributed by atoms with E-state index in [1.165, 1.54) is 49.9 Å². The molecule has 3 saturated heterocycles. The lowest BCUT2D eigenvalue weighted by Crippen LogP contribution is -2.66. The Balaban J connectivity index is 1.07. The largest absolute Gasteiger partial charge is 0.380 e. The zero-order chi connectivity index (χ0) is 28.9. The zero-order valence-corrected chi connectivity index (χ0v) is 26.2. The molecular formula is C32H40ClN6O2P. The zero-order valence-electron chi connectivity index (χ0n) is 24.5. The first-order valence-electron chi connectivity index (χ1n) is 15.2. The first kappa shape index (κ1) is 28.1. The van der Waals surface area contributed by atoms with Crippen LogP contribution in [0.4, 0.5) is 28.8 Å². The van der Waals surface area contributed by atoms with Crippen molar-refractivity contribution in [2.24, 2.45) is 5.41 Å². The molecule has 1 aliphatic carbocycles. The highest BCUT2D eigenvalue weighted by Crippen LogP contribution is 2.44. The number of aromatic nitrogens is 2. The van der Waals surface area contributed by atoms with E-state index in [1.807, 2.05) is 12.1 Å². The van der Waals surface area contributed by atoms with E-state index in [9.17, 15) is 4.57 Å². The Labute approximate surface area is 253 Å². The maximum atomic E-state index is 13.4. The molecule has 4 heterocycles. The molecule has 0 amide bonds. The van der Waals surface area contributed by atoms with Crippen LogP contribution < -0.4 is 20.8 Å². The number of aryl methyl sites for hydroxylation is 2. The van der Waals surface area contributed by atoms with E-state index in [1.54, 1.807) is 19.5 Å². The summed E-state index contributed by atoms with van der Waals surface area (Å²) in [4.78, 5) is 14.2. The molecule has 3 aliphatic heterocycles. The third-order valence-corrected chi connectivity index (χ3v) is 11.2. The molecule has 1 spiro atoms. The molecule has 0 radical (unpaired) electrons. The fourth-order valence-corrected chi connectivity index (χ4v) is 8.29. The molecule has 10 heteroatoms. The van der Waals surface area contributed by atoms with Gasteiger partial charge in [0.15, 0.2) is 5.82 Å². The lowest BCUT2D eigenvalue weighted by molar-refractivity contribution is -0.127. The van der Waals surface area contributed by atoms with E-state index in [2.05, 4.69) is 49.7 Å². The summed E-state index contributed by atoms with van der Waals surface area (Å²) >= 11 is 6.55. The van der Waals surface area contributed by atoms with E-state index < -0.39 is 7.14 Å². The van der Waals surface area contributed by atoms with Gasteiger partial charge in [0.2, 0.25) is 5.95 Å². The van der Waals surface area contributed by atoms with Crippen molar-refractivity contribution in [2.75, 3.05) is 68.3 Å². The maximum absolute atomic E-state index is 13.4. The lowest BCUT2D eigenvalue weighted by atomic mass is 9.78. The van der Waals surface area contributed by atoms with Gasteiger partial charge in [-0.1, -0.05) is 17.7 Å². The van der Waals surface area contributed by atoms with E-state index >= 15 is 0 Å². The third kappa shape index (κ3) is 5.67.